The molecule has 158 valence electrons. The molecular weight excluding hydrogens is 421 g/mol. The first-order chi connectivity index (χ1) is 14.6. The number of aliphatic imine (C=N–C) groups is 1. The number of nitrogens with zero attached hydrogens (tertiary/aromatic N) is 3. The summed E-state index contributed by atoms with van der Waals surface area (Å²) in [5.74, 6) is 0.861. The van der Waals surface area contributed by atoms with Gasteiger partial charge in [-0.3, -0.25) is 14.7 Å². The highest BCUT2D eigenvalue weighted by Crippen LogP contribution is 2.33. The molecule has 2 aromatic carbocycles. The van der Waals surface area contributed by atoms with Crippen LogP contribution in [0.2, 0.25) is 10.0 Å². The summed E-state index contributed by atoms with van der Waals surface area (Å²) in [7, 11) is 0. The van der Waals surface area contributed by atoms with E-state index >= 15 is 0 Å². The highest BCUT2D eigenvalue weighted by molar-refractivity contribution is 6.43. The summed E-state index contributed by atoms with van der Waals surface area (Å²) in [6, 6.07) is 11.6. The first kappa shape index (κ1) is 21.2. The largest absolute Gasteiger partial charge is 0.494 e. The van der Waals surface area contributed by atoms with Gasteiger partial charge >= 0.3 is 0 Å². The van der Waals surface area contributed by atoms with E-state index in [4.69, 9.17) is 27.9 Å². The zero-order valence-corrected chi connectivity index (χ0v) is 18.3. The number of fused-ring (bicyclic) bond motifs is 1. The normalized spacial score (nSPS) is 16.6. The van der Waals surface area contributed by atoms with Gasteiger partial charge in [-0.2, -0.15) is 0 Å². The lowest BCUT2D eigenvalue weighted by atomic mass is 10.0. The Morgan fingerprint density at radius 3 is 2.70 bits per heavy atom. The summed E-state index contributed by atoms with van der Waals surface area (Å²) >= 11 is 12.5. The molecule has 2 aliphatic rings. The van der Waals surface area contributed by atoms with Crippen molar-refractivity contribution in [1.82, 2.24) is 4.90 Å². The molecule has 2 heterocycles. The van der Waals surface area contributed by atoms with Crippen molar-refractivity contribution in [2.45, 2.75) is 19.3 Å². The topological polar surface area (TPSA) is 45.1 Å². The number of benzene rings is 2. The van der Waals surface area contributed by atoms with Crippen LogP contribution in [0.5, 0.6) is 5.75 Å². The van der Waals surface area contributed by atoms with Gasteiger partial charge in [-0.05, 0) is 43.1 Å². The van der Waals surface area contributed by atoms with E-state index in [1.807, 2.05) is 36.4 Å². The Hall–Kier alpha value is -2.08. The third kappa shape index (κ3) is 5.15. The molecule has 1 fully saturated rings. The standard InChI is InChI=1S/C23H25Cl2N3O2/c24-20-4-3-5-22(23(20)25)28-11-9-27(10-12-28)8-1-2-13-30-19-7-6-17-14-18(29)16-26-21(17)15-19/h3-7,15-16H,1-2,8-14H2. The number of anilines is 1. The van der Waals surface area contributed by atoms with Gasteiger partial charge in [0.2, 0.25) is 0 Å². The summed E-state index contributed by atoms with van der Waals surface area (Å²) < 4.78 is 5.87. The van der Waals surface area contributed by atoms with Crippen LogP contribution in [0.4, 0.5) is 11.4 Å². The molecule has 0 amide bonds. The average molecular weight is 446 g/mol. The number of ether oxygens (including phenoxy) is 1. The highest BCUT2D eigenvalue weighted by atomic mass is 35.5. The number of carbonyl (C=O) groups excluding carboxylic acids is 1. The van der Waals surface area contributed by atoms with Crippen LogP contribution in [0.25, 0.3) is 0 Å². The SMILES string of the molecule is O=C1C=Nc2cc(OCCCCN3CCN(c4cccc(Cl)c4Cl)CC3)ccc2C1. The maximum absolute atomic E-state index is 11.4. The number of piperazine rings is 1. The Labute approximate surface area is 187 Å². The van der Waals surface area contributed by atoms with Crippen LogP contribution in [0, 0.1) is 0 Å². The van der Waals surface area contributed by atoms with Gasteiger partial charge in [-0.15, -0.1) is 0 Å². The molecule has 2 aromatic rings. The molecular formula is C23H25Cl2N3O2. The van der Waals surface area contributed by atoms with Gasteiger partial charge in [0.1, 0.15) is 5.75 Å². The molecule has 0 atom stereocenters. The Kier molecular flexibility index (Phi) is 6.93. The van der Waals surface area contributed by atoms with Crippen LogP contribution < -0.4 is 9.64 Å². The highest BCUT2D eigenvalue weighted by Gasteiger charge is 2.19. The quantitative estimate of drug-likeness (QED) is 0.574. The second-order valence-corrected chi connectivity index (χ2v) is 8.43. The van der Waals surface area contributed by atoms with Gasteiger partial charge in [0, 0.05) is 38.7 Å². The number of rotatable bonds is 7. The van der Waals surface area contributed by atoms with Crippen molar-refractivity contribution < 1.29 is 9.53 Å². The molecule has 1 saturated heterocycles. The summed E-state index contributed by atoms with van der Waals surface area (Å²) in [5.41, 5.74) is 2.83. The third-order valence-electron chi connectivity index (χ3n) is 5.55. The first-order valence-corrected chi connectivity index (χ1v) is 11.1. The van der Waals surface area contributed by atoms with Crippen molar-refractivity contribution in [3.05, 3.63) is 52.0 Å². The summed E-state index contributed by atoms with van der Waals surface area (Å²) in [5, 5.41) is 1.25. The van der Waals surface area contributed by atoms with Gasteiger partial charge in [-0.25, -0.2) is 0 Å². The molecule has 4 rings (SSSR count). The summed E-state index contributed by atoms with van der Waals surface area (Å²) in [6.07, 6.45) is 3.91. The van der Waals surface area contributed by atoms with Crippen molar-refractivity contribution in [2.24, 2.45) is 4.99 Å². The monoisotopic (exact) mass is 445 g/mol. The molecule has 0 N–H and O–H groups in total. The van der Waals surface area contributed by atoms with Crippen molar-refractivity contribution in [3.63, 3.8) is 0 Å². The molecule has 0 saturated carbocycles. The lowest BCUT2D eigenvalue weighted by molar-refractivity contribution is -0.112. The molecule has 5 nitrogen and oxygen atoms in total. The molecule has 2 aliphatic heterocycles. The zero-order valence-electron chi connectivity index (χ0n) is 16.8. The van der Waals surface area contributed by atoms with E-state index in [1.54, 1.807) is 0 Å². The van der Waals surface area contributed by atoms with Gasteiger partial charge in [0.15, 0.2) is 5.78 Å². The van der Waals surface area contributed by atoms with Crippen LogP contribution >= 0.6 is 23.2 Å². The van der Waals surface area contributed by atoms with E-state index < -0.39 is 0 Å². The van der Waals surface area contributed by atoms with Gasteiger partial charge in [-0.1, -0.05) is 35.3 Å². The Morgan fingerprint density at radius 2 is 1.87 bits per heavy atom. The number of ketones is 1. The lowest BCUT2D eigenvalue weighted by Crippen LogP contribution is -2.46. The van der Waals surface area contributed by atoms with Crippen LogP contribution in [0.3, 0.4) is 0 Å². The van der Waals surface area contributed by atoms with Crippen molar-refractivity contribution in [1.29, 1.82) is 0 Å². The lowest BCUT2D eigenvalue weighted by Gasteiger charge is -2.36. The minimum atomic E-state index is 0.0488. The number of unbranched alkanes of at least 4 members (excludes halogenated alkanes) is 1. The number of hydrogen-bond donors (Lipinski definition) is 0. The van der Waals surface area contributed by atoms with Gasteiger partial charge in [0.25, 0.3) is 0 Å². The Balaban J connectivity index is 1.16. The molecule has 0 aromatic heterocycles. The average Bonchev–Trinajstić information content (AvgIpc) is 2.76. The fourth-order valence-electron chi connectivity index (χ4n) is 3.85. The molecule has 0 unspecified atom stereocenters. The molecule has 0 bridgehead atoms. The van der Waals surface area contributed by atoms with Crippen molar-refractivity contribution in [3.8, 4) is 5.75 Å². The minimum Gasteiger partial charge on any atom is -0.494 e. The van der Waals surface area contributed by atoms with Crippen LogP contribution in [-0.4, -0.2) is 56.2 Å². The predicted molar refractivity (Wildman–Crippen MR) is 123 cm³/mol. The predicted octanol–water partition coefficient (Wildman–Crippen LogP) is 4.80. The molecule has 0 radical (unpaired) electrons. The van der Waals surface area contributed by atoms with E-state index in [-0.39, 0.29) is 5.78 Å². The second kappa shape index (κ2) is 9.82. The van der Waals surface area contributed by atoms with Gasteiger partial charge < -0.3 is 9.64 Å². The first-order valence-electron chi connectivity index (χ1n) is 10.3. The van der Waals surface area contributed by atoms with E-state index in [9.17, 15) is 4.79 Å². The zero-order chi connectivity index (χ0) is 20.9. The van der Waals surface area contributed by atoms with E-state index in [0.717, 1.165) is 68.3 Å². The second-order valence-electron chi connectivity index (χ2n) is 7.65. The molecule has 0 aliphatic carbocycles. The Bertz CT molecular complexity index is 940. The number of halogens is 2. The summed E-state index contributed by atoms with van der Waals surface area (Å²) in [4.78, 5) is 20.4. The van der Waals surface area contributed by atoms with Crippen molar-refractivity contribution >= 4 is 46.6 Å². The van der Waals surface area contributed by atoms with Crippen LogP contribution in [-0.2, 0) is 11.2 Å². The van der Waals surface area contributed by atoms with E-state index in [0.29, 0.717) is 23.1 Å². The molecule has 30 heavy (non-hydrogen) atoms. The fraction of sp³-hybridized carbons (Fsp3) is 0.391. The summed E-state index contributed by atoms with van der Waals surface area (Å²) in [6.45, 7) is 5.69. The number of carbonyl (C=O) groups is 1. The smallest absolute Gasteiger partial charge is 0.178 e. The van der Waals surface area contributed by atoms with E-state index in [1.165, 1.54) is 6.21 Å². The minimum absolute atomic E-state index is 0.0488. The maximum atomic E-state index is 11.4. The maximum Gasteiger partial charge on any atom is 0.178 e. The number of hydrogen-bond acceptors (Lipinski definition) is 5. The fourth-order valence-corrected chi connectivity index (χ4v) is 4.27. The van der Waals surface area contributed by atoms with Gasteiger partial charge in [0.05, 0.1) is 34.2 Å². The van der Waals surface area contributed by atoms with Crippen LogP contribution in [0.1, 0.15) is 18.4 Å². The third-order valence-corrected chi connectivity index (χ3v) is 6.36. The van der Waals surface area contributed by atoms with Crippen LogP contribution in [0.15, 0.2) is 41.4 Å². The Morgan fingerprint density at radius 1 is 1.03 bits per heavy atom. The molecule has 7 heteroatoms. The molecule has 0 spiro atoms. The van der Waals surface area contributed by atoms with Crippen molar-refractivity contribution in [2.75, 3.05) is 44.2 Å². The number of Topliss-reactive ketones (excluding diaryl/α,β-unsaturated/α-hetero) is 1. The van der Waals surface area contributed by atoms with E-state index in [2.05, 4.69) is 14.8 Å².